The molecular formula is C26H25N3O3. The predicted molar refractivity (Wildman–Crippen MR) is 128 cm³/mol. The molecule has 3 aromatic carbocycles. The lowest BCUT2D eigenvalue weighted by molar-refractivity contribution is -0.349. The average molecular weight is 428 g/mol. The fraction of sp³-hybridized carbons (Fsp3) is 0.192. The summed E-state index contributed by atoms with van der Waals surface area (Å²) in [5, 5.41) is 12.4. The second-order valence-electron chi connectivity index (χ2n) is 8.04. The van der Waals surface area contributed by atoms with E-state index in [1.807, 2.05) is 36.4 Å². The minimum atomic E-state index is -0.357. The number of aromatic nitrogens is 2. The van der Waals surface area contributed by atoms with Crippen molar-refractivity contribution in [3.63, 3.8) is 0 Å². The van der Waals surface area contributed by atoms with Crippen LogP contribution in [0.1, 0.15) is 30.9 Å². The van der Waals surface area contributed by atoms with Crippen molar-refractivity contribution in [2.45, 2.75) is 26.3 Å². The van der Waals surface area contributed by atoms with Crippen molar-refractivity contribution in [3.8, 4) is 17.0 Å². The molecule has 0 aliphatic carbocycles. The summed E-state index contributed by atoms with van der Waals surface area (Å²) < 4.78 is 7.59. The summed E-state index contributed by atoms with van der Waals surface area (Å²) >= 11 is 0. The van der Waals surface area contributed by atoms with Gasteiger partial charge in [-0.15, -0.1) is 0 Å². The number of rotatable bonds is 6. The Balaban J connectivity index is 1.88. The first kappa shape index (κ1) is 21.3. The monoisotopic (exact) mass is 427 g/mol. The molecule has 0 N–H and O–H groups in total. The summed E-state index contributed by atoms with van der Waals surface area (Å²) in [6.07, 6.45) is 0. The lowest BCUT2D eigenvalue weighted by Gasteiger charge is -2.15. The molecule has 0 aliphatic rings. The summed E-state index contributed by atoms with van der Waals surface area (Å²) in [6, 6.07) is 20.8. The molecule has 162 valence electrons. The molecule has 6 nitrogen and oxygen atoms in total. The first-order valence-electron chi connectivity index (χ1n) is 10.4. The minimum Gasteiger partial charge on any atom is -0.619 e. The van der Waals surface area contributed by atoms with Crippen LogP contribution in [0.5, 0.6) is 5.75 Å². The van der Waals surface area contributed by atoms with Gasteiger partial charge < -0.3 is 9.94 Å². The van der Waals surface area contributed by atoms with E-state index in [2.05, 4.69) is 37.7 Å². The van der Waals surface area contributed by atoms with Gasteiger partial charge in [0.1, 0.15) is 12.5 Å². The topological polar surface area (TPSA) is 70.2 Å². The standard InChI is InChI=1S/C26H25N3O3/c1-17(2)19-8-10-20(11-9-19)25-23-15-22(32-4)12-13-24(23)29(26(30)27-25)16-18-6-5-7-21(14-18)28(3)31/h5-15,17H,3,16H2,1-2,4H3. The number of nitrogens with zero attached hydrogens (tertiary/aromatic N) is 3. The van der Waals surface area contributed by atoms with Gasteiger partial charge in [0.2, 0.25) is 5.69 Å². The Morgan fingerprint density at radius 1 is 1.09 bits per heavy atom. The van der Waals surface area contributed by atoms with E-state index in [9.17, 15) is 10.0 Å². The summed E-state index contributed by atoms with van der Waals surface area (Å²) in [4.78, 5) is 17.6. The highest BCUT2D eigenvalue weighted by atomic mass is 16.5. The quantitative estimate of drug-likeness (QED) is 0.186. The van der Waals surface area contributed by atoms with Crippen molar-refractivity contribution in [3.05, 3.63) is 93.5 Å². The normalized spacial score (nSPS) is 11.1. The van der Waals surface area contributed by atoms with Crippen molar-refractivity contribution in [2.24, 2.45) is 0 Å². The highest BCUT2D eigenvalue weighted by molar-refractivity contribution is 5.93. The molecule has 4 rings (SSSR count). The maximum atomic E-state index is 13.1. The third-order valence-corrected chi connectivity index (χ3v) is 5.58. The Morgan fingerprint density at radius 3 is 2.50 bits per heavy atom. The lowest BCUT2D eigenvalue weighted by atomic mass is 9.99. The van der Waals surface area contributed by atoms with Gasteiger partial charge in [-0.3, -0.25) is 4.57 Å². The third-order valence-electron chi connectivity index (χ3n) is 5.58. The number of fused-ring (bicyclic) bond motifs is 1. The molecule has 0 atom stereocenters. The van der Waals surface area contributed by atoms with Crippen molar-refractivity contribution in [1.29, 1.82) is 0 Å². The van der Waals surface area contributed by atoms with Crippen LogP contribution in [0.4, 0.5) is 5.69 Å². The van der Waals surface area contributed by atoms with E-state index < -0.39 is 0 Å². The Kier molecular flexibility index (Phi) is 5.77. The van der Waals surface area contributed by atoms with Crippen LogP contribution in [0.2, 0.25) is 0 Å². The second-order valence-corrected chi connectivity index (χ2v) is 8.04. The van der Waals surface area contributed by atoms with Crippen molar-refractivity contribution < 1.29 is 9.48 Å². The lowest BCUT2D eigenvalue weighted by Crippen LogP contribution is -2.24. The van der Waals surface area contributed by atoms with Crippen molar-refractivity contribution >= 4 is 23.3 Å². The van der Waals surface area contributed by atoms with Gasteiger partial charge in [0.25, 0.3) is 0 Å². The number of methoxy groups -OCH3 is 1. The third kappa shape index (κ3) is 4.12. The highest BCUT2D eigenvalue weighted by Gasteiger charge is 2.15. The minimum absolute atomic E-state index is 0.281. The molecule has 0 saturated carbocycles. The fourth-order valence-electron chi connectivity index (χ4n) is 3.78. The second kappa shape index (κ2) is 8.67. The molecule has 32 heavy (non-hydrogen) atoms. The Bertz CT molecular complexity index is 1360. The van der Waals surface area contributed by atoms with Crippen molar-refractivity contribution in [1.82, 2.24) is 9.55 Å². The molecule has 1 heterocycles. The molecule has 0 amide bonds. The maximum absolute atomic E-state index is 13.1. The first-order valence-corrected chi connectivity index (χ1v) is 10.4. The smallest absolute Gasteiger partial charge is 0.348 e. The van der Waals surface area contributed by atoms with Crippen LogP contribution >= 0.6 is 0 Å². The summed E-state index contributed by atoms with van der Waals surface area (Å²) in [5.74, 6) is 1.10. The Morgan fingerprint density at radius 2 is 1.84 bits per heavy atom. The summed E-state index contributed by atoms with van der Waals surface area (Å²) in [6.45, 7) is 7.96. The van der Waals surface area contributed by atoms with E-state index in [1.165, 1.54) is 5.56 Å². The van der Waals surface area contributed by atoms with Crippen LogP contribution in [0, 0.1) is 5.21 Å². The van der Waals surface area contributed by atoms with Crippen molar-refractivity contribution in [2.75, 3.05) is 7.11 Å². The molecule has 0 fully saturated rings. The number of hydrogen-bond acceptors (Lipinski definition) is 4. The number of hydrogen-bond donors (Lipinski definition) is 0. The van der Waals surface area contributed by atoms with Gasteiger partial charge >= 0.3 is 5.69 Å². The van der Waals surface area contributed by atoms with Gasteiger partial charge in [0.15, 0.2) is 0 Å². The Labute approximate surface area is 186 Å². The Hall–Kier alpha value is -3.93. The van der Waals surface area contributed by atoms with Crippen LogP contribution in [0.15, 0.2) is 71.5 Å². The zero-order chi connectivity index (χ0) is 22.8. The molecule has 0 unspecified atom stereocenters. The fourth-order valence-corrected chi connectivity index (χ4v) is 3.78. The molecule has 6 heteroatoms. The van der Waals surface area contributed by atoms with E-state index in [4.69, 9.17) is 4.74 Å². The zero-order valence-corrected chi connectivity index (χ0v) is 18.4. The summed E-state index contributed by atoms with van der Waals surface area (Å²) in [7, 11) is 1.61. The van der Waals surface area contributed by atoms with Crippen LogP contribution in [-0.2, 0) is 6.54 Å². The molecule has 0 bridgehead atoms. The van der Waals surface area contributed by atoms with Crippen LogP contribution in [0.25, 0.3) is 22.2 Å². The molecule has 0 saturated heterocycles. The molecule has 0 radical (unpaired) electrons. The highest BCUT2D eigenvalue weighted by Crippen LogP contribution is 2.30. The number of ether oxygens (including phenoxy) is 1. The molecule has 4 aromatic rings. The van der Waals surface area contributed by atoms with E-state index in [0.29, 0.717) is 27.8 Å². The SMILES string of the molecule is C=[N+]([O-])c1cccc(Cn2c(=O)nc(-c3ccc(C(C)C)cc3)c3cc(OC)ccc32)c1. The zero-order valence-electron chi connectivity index (χ0n) is 18.4. The predicted octanol–water partition coefficient (Wildman–Crippen LogP) is 5.09. The van der Waals surface area contributed by atoms with Gasteiger partial charge in [-0.1, -0.05) is 50.2 Å². The van der Waals surface area contributed by atoms with Crippen LogP contribution in [0.3, 0.4) is 0 Å². The maximum Gasteiger partial charge on any atom is 0.348 e. The molecule has 1 aromatic heterocycles. The molecular weight excluding hydrogens is 402 g/mol. The molecule has 0 aliphatic heterocycles. The van der Waals surface area contributed by atoms with Gasteiger partial charge in [-0.05, 0) is 35.2 Å². The van der Waals surface area contributed by atoms with Crippen LogP contribution < -0.4 is 10.4 Å². The summed E-state index contributed by atoms with van der Waals surface area (Å²) in [5.41, 5.74) is 4.34. The first-order chi connectivity index (χ1) is 15.4. The van der Waals surface area contributed by atoms with Gasteiger partial charge in [-0.2, -0.15) is 9.72 Å². The number of benzene rings is 3. The van der Waals surface area contributed by atoms with E-state index in [1.54, 1.807) is 29.9 Å². The van der Waals surface area contributed by atoms with Gasteiger partial charge in [-0.25, -0.2) is 4.79 Å². The van der Waals surface area contributed by atoms with E-state index in [-0.39, 0.29) is 12.2 Å². The van der Waals surface area contributed by atoms with Gasteiger partial charge in [0, 0.05) is 23.1 Å². The molecule has 0 spiro atoms. The van der Waals surface area contributed by atoms with E-state index >= 15 is 0 Å². The van der Waals surface area contributed by atoms with E-state index in [0.717, 1.165) is 22.0 Å². The van der Waals surface area contributed by atoms with Gasteiger partial charge in [0.05, 0.1) is 24.9 Å². The van der Waals surface area contributed by atoms with Crippen LogP contribution in [-0.4, -0.2) is 28.1 Å². The largest absolute Gasteiger partial charge is 0.619 e. The average Bonchev–Trinajstić information content (AvgIpc) is 2.80.